The first kappa shape index (κ1) is 22.8. The summed E-state index contributed by atoms with van der Waals surface area (Å²) >= 11 is 0. The van der Waals surface area contributed by atoms with Gasteiger partial charge in [0.05, 0.1) is 18.3 Å². The molecule has 3 aromatic rings. The summed E-state index contributed by atoms with van der Waals surface area (Å²) in [6, 6.07) is 5.14. The van der Waals surface area contributed by atoms with E-state index in [1.165, 1.54) is 16.8 Å². The minimum atomic E-state index is -2.87. The zero-order chi connectivity index (χ0) is 22.9. The molecule has 2 heterocycles. The van der Waals surface area contributed by atoms with Gasteiger partial charge in [-0.05, 0) is 55.0 Å². The molecule has 0 amide bonds. The Kier molecular flexibility index (Phi) is 6.38. The molecule has 8 heteroatoms. The number of aromatic nitrogens is 3. The van der Waals surface area contributed by atoms with Gasteiger partial charge in [0.2, 0.25) is 5.95 Å². The Labute approximate surface area is 181 Å². The Bertz CT molecular complexity index is 1100. The molecule has 2 aromatic heterocycles. The highest BCUT2D eigenvalue weighted by Gasteiger charge is 2.21. The molecule has 168 valence electrons. The molecule has 31 heavy (non-hydrogen) atoms. The summed E-state index contributed by atoms with van der Waals surface area (Å²) in [5, 5.41) is 6.73. The van der Waals surface area contributed by atoms with E-state index in [0.717, 1.165) is 23.8 Å². The number of hydrogen-bond donors (Lipinski definition) is 1. The van der Waals surface area contributed by atoms with E-state index in [0.29, 0.717) is 22.7 Å². The van der Waals surface area contributed by atoms with Gasteiger partial charge in [-0.2, -0.15) is 0 Å². The fourth-order valence-electron chi connectivity index (χ4n) is 3.25. The van der Waals surface area contributed by atoms with Gasteiger partial charge in [0.1, 0.15) is 11.5 Å². The van der Waals surface area contributed by atoms with E-state index >= 15 is 0 Å². The monoisotopic (exact) mass is 433 g/mol. The molecular formula is C23H30F3N5. The van der Waals surface area contributed by atoms with Crippen molar-refractivity contribution in [2.45, 2.75) is 47.5 Å². The van der Waals surface area contributed by atoms with Gasteiger partial charge in [0.25, 0.3) is 5.92 Å². The van der Waals surface area contributed by atoms with Crippen LogP contribution in [0.15, 0.2) is 35.6 Å². The number of alkyl halides is 2. The Morgan fingerprint density at radius 2 is 2.00 bits per heavy atom. The lowest BCUT2D eigenvalue weighted by Crippen LogP contribution is -2.24. The molecule has 0 aliphatic heterocycles. The number of hydrogen-bond acceptors (Lipinski definition) is 4. The summed E-state index contributed by atoms with van der Waals surface area (Å²) < 4.78 is 42.6. The average Bonchev–Trinajstić information content (AvgIpc) is 3.10. The summed E-state index contributed by atoms with van der Waals surface area (Å²) in [5.41, 5.74) is 4.04. The van der Waals surface area contributed by atoms with Crippen LogP contribution in [-0.4, -0.2) is 32.8 Å². The van der Waals surface area contributed by atoms with Crippen LogP contribution >= 0.6 is 0 Å². The number of fused-ring (bicyclic) bond motifs is 1. The van der Waals surface area contributed by atoms with Crippen molar-refractivity contribution in [1.29, 1.82) is 0 Å². The first-order valence-corrected chi connectivity index (χ1v) is 10.3. The van der Waals surface area contributed by atoms with Gasteiger partial charge in [-0.1, -0.05) is 20.8 Å². The zero-order valence-corrected chi connectivity index (χ0v) is 18.7. The second-order valence-corrected chi connectivity index (χ2v) is 8.47. The van der Waals surface area contributed by atoms with E-state index < -0.39 is 18.3 Å². The van der Waals surface area contributed by atoms with Crippen LogP contribution in [0.4, 0.5) is 24.8 Å². The number of benzene rings is 1. The van der Waals surface area contributed by atoms with Crippen LogP contribution in [0.1, 0.15) is 41.6 Å². The van der Waals surface area contributed by atoms with Crippen LogP contribution in [0.5, 0.6) is 0 Å². The topological polar surface area (TPSA) is 54.6 Å². The van der Waals surface area contributed by atoms with E-state index in [4.69, 9.17) is 0 Å². The Balaban J connectivity index is 0.00000363. The Hall–Kier alpha value is -2.90. The van der Waals surface area contributed by atoms with Gasteiger partial charge >= 0.3 is 0 Å². The first-order chi connectivity index (χ1) is 14.5. The Morgan fingerprint density at radius 3 is 2.61 bits per heavy atom. The molecule has 1 unspecified atom stereocenters. The third-order valence-corrected chi connectivity index (χ3v) is 5.49. The molecule has 0 radical (unpaired) electrons. The van der Waals surface area contributed by atoms with Gasteiger partial charge < -0.3 is 5.32 Å². The number of halogens is 3. The van der Waals surface area contributed by atoms with Crippen molar-refractivity contribution in [3.63, 3.8) is 0 Å². The smallest absolute Gasteiger partial charge is 0.262 e. The first-order valence-electron chi connectivity index (χ1n) is 10.3. The summed E-state index contributed by atoms with van der Waals surface area (Å²) in [7, 11) is 0. The van der Waals surface area contributed by atoms with Gasteiger partial charge in [0.15, 0.2) is 0 Å². The predicted molar refractivity (Wildman–Crippen MR) is 121 cm³/mol. The van der Waals surface area contributed by atoms with Crippen molar-refractivity contribution >= 4 is 22.9 Å². The van der Waals surface area contributed by atoms with Gasteiger partial charge in [-0.15, -0.1) is 5.10 Å². The van der Waals surface area contributed by atoms with E-state index in [9.17, 15) is 13.2 Å². The lowest BCUT2D eigenvalue weighted by Gasteiger charge is -2.16. The van der Waals surface area contributed by atoms with Crippen molar-refractivity contribution in [3.8, 4) is 11.1 Å². The average molecular weight is 434 g/mol. The minimum Gasteiger partial charge on any atom is -0.347 e. The number of aryl methyl sites for hydroxylation is 1. The molecule has 0 saturated carbocycles. The molecule has 0 bridgehead atoms. The molecule has 0 saturated heterocycles. The van der Waals surface area contributed by atoms with Crippen LogP contribution in [0.25, 0.3) is 16.6 Å². The normalized spacial score (nSPS) is 13.8. The third-order valence-electron chi connectivity index (χ3n) is 5.49. The van der Waals surface area contributed by atoms with Crippen molar-refractivity contribution in [3.05, 3.63) is 42.0 Å². The zero-order valence-electron chi connectivity index (χ0n) is 18.7. The van der Waals surface area contributed by atoms with Crippen LogP contribution in [0.3, 0.4) is 0 Å². The molecule has 1 aromatic carbocycles. The number of aliphatic imine (C=N–C) groups is 1. The van der Waals surface area contributed by atoms with Crippen molar-refractivity contribution in [1.82, 2.24) is 14.6 Å². The third kappa shape index (κ3) is 5.24. The molecule has 0 spiro atoms. The lowest BCUT2D eigenvalue weighted by molar-refractivity contribution is 0.0365. The second-order valence-electron chi connectivity index (χ2n) is 8.47. The molecule has 0 fully saturated rings. The van der Waals surface area contributed by atoms with Crippen molar-refractivity contribution in [2.75, 3.05) is 11.9 Å². The lowest BCUT2D eigenvalue weighted by atomic mass is 9.93. The molecule has 1 atom stereocenters. The quantitative estimate of drug-likeness (QED) is 0.430. The molecule has 0 aliphatic rings. The summed E-state index contributed by atoms with van der Waals surface area (Å²) in [6.45, 7) is 10.3. The number of rotatable bonds is 7. The van der Waals surface area contributed by atoms with Gasteiger partial charge in [-0.3, -0.25) is 4.99 Å². The highest BCUT2D eigenvalue weighted by atomic mass is 19.3. The molecule has 1 N–H and O–H groups in total. The predicted octanol–water partition coefficient (Wildman–Crippen LogP) is 6.54. The highest BCUT2D eigenvalue weighted by molar-refractivity contribution is 5.88. The fraction of sp³-hybridized carbons (Fsp3) is 0.435. The molecule has 5 nitrogen and oxygen atoms in total. The van der Waals surface area contributed by atoms with E-state index in [1.54, 1.807) is 12.3 Å². The summed E-state index contributed by atoms with van der Waals surface area (Å²) in [4.78, 5) is 8.67. The maximum atomic E-state index is 15.0. The largest absolute Gasteiger partial charge is 0.347 e. The maximum absolute atomic E-state index is 15.0. The number of nitrogens with zero attached hydrogens (tertiary/aromatic N) is 4. The summed E-state index contributed by atoms with van der Waals surface area (Å²) in [6.07, 6.45) is 3.22. The van der Waals surface area contributed by atoms with Crippen molar-refractivity contribution < 1.29 is 14.6 Å². The SMILES string of the molecule is CC(=Nc1c(C)cc(-c2ccn3nc(NCC(C)(F)F)ncc23)cc1F)C(C)C(C)C.[HH]. The standard InChI is InChI=1S/C23H28F3N5.H2/c1-13(2)15(4)16(5)29-21-14(3)9-17(10-19(21)24)18-7-8-31-20(18)11-27-22(30-31)28-12-23(6,25)26;/h7-11,13,15H,12H2,1-6H3,(H,28,30);1H. The molecule has 0 aliphatic carbocycles. The van der Waals surface area contributed by atoms with E-state index in [-0.39, 0.29) is 13.3 Å². The number of anilines is 1. The fourth-order valence-corrected chi connectivity index (χ4v) is 3.25. The molecule has 3 rings (SSSR count). The van der Waals surface area contributed by atoms with Crippen LogP contribution in [-0.2, 0) is 0 Å². The number of nitrogens with one attached hydrogen (secondary N) is 1. The van der Waals surface area contributed by atoms with Gasteiger partial charge in [-0.25, -0.2) is 22.7 Å². The van der Waals surface area contributed by atoms with Crippen LogP contribution in [0.2, 0.25) is 0 Å². The van der Waals surface area contributed by atoms with E-state index in [1.807, 2.05) is 19.9 Å². The second kappa shape index (κ2) is 8.69. The summed E-state index contributed by atoms with van der Waals surface area (Å²) in [5.74, 6) is -2.50. The highest BCUT2D eigenvalue weighted by Crippen LogP contribution is 2.33. The Morgan fingerprint density at radius 1 is 1.29 bits per heavy atom. The van der Waals surface area contributed by atoms with Gasteiger partial charge in [0, 0.05) is 25.8 Å². The van der Waals surface area contributed by atoms with E-state index in [2.05, 4.69) is 41.2 Å². The van der Waals surface area contributed by atoms with Crippen molar-refractivity contribution in [2.24, 2.45) is 16.8 Å². The molecular weight excluding hydrogens is 403 g/mol. The van der Waals surface area contributed by atoms with Crippen LogP contribution < -0.4 is 5.32 Å². The maximum Gasteiger partial charge on any atom is 0.262 e. The minimum absolute atomic E-state index is 0. The van der Waals surface area contributed by atoms with Crippen LogP contribution in [0, 0.1) is 24.6 Å².